The number of nitriles is 1. The molecule has 1 aliphatic heterocycles. The van der Waals surface area contributed by atoms with Gasteiger partial charge >= 0.3 is 6.09 Å². The SMILES string of the molecule is CC(C)(C)OC(=O)N1C[C@@H]2[C@H](C1)C2(C#N)c1c(F)cc(Br)cc1F. The predicted molar refractivity (Wildman–Crippen MR) is 86.1 cm³/mol. The van der Waals surface area contributed by atoms with Gasteiger partial charge in [-0.2, -0.15) is 5.26 Å². The number of carbonyl (C=O) groups is 1. The van der Waals surface area contributed by atoms with Crippen LogP contribution in [0.15, 0.2) is 16.6 Å². The van der Waals surface area contributed by atoms with E-state index in [9.17, 15) is 18.8 Å². The molecule has 1 amide bonds. The zero-order valence-electron chi connectivity index (χ0n) is 13.6. The van der Waals surface area contributed by atoms with Crippen molar-refractivity contribution < 1.29 is 18.3 Å². The number of hydrogen-bond donors (Lipinski definition) is 0. The number of benzene rings is 1. The number of likely N-dealkylation sites (tertiary alicyclic amines) is 1. The molecule has 3 atom stereocenters. The predicted octanol–water partition coefficient (Wildman–Crippen LogP) is 3.99. The molecule has 1 saturated heterocycles. The number of nitrogens with zero attached hydrogens (tertiary/aromatic N) is 2. The van der Waals surface area contributed by atoms with Gasteiger partial charge in [0.05, 0.1) is 11.5 Å². The van der Waals surface area contributed by atoms with E-state index in [1.807, 2.05) is 0 Å². The summed E-state index contributed by atoms with van der Waals surface area (Å²) in [5, 5.41) is 9.62. The molecule has 128 valence electrons. The van der Waals surface area contributed by atoms with Crippen LogP contribution in [0.3, 0.4) is 0 Å². The lowest BCUT2D eigenvalue weighted by Crippen LogP contribution is -2.39. The van der Waals surface area contributed by atoms with Gasteiger partial charge in [0.15, 0.2) is 0 Å². The van der Waals surface area contributed by atoms with Crippen molar-refractivity contribution in [2.45, 2.75) is 31.8 Å². The standard InChI is InChI=1S/C17H17BrF2N2O2/c1-16(2,3)24-15(23)22-6-10-11(7-22)17(10,8-21)14-12(19)4-9(18)5-13(14)20/h4-5,10-11H,6-7H2,1-3H3/t10-,11+,17?. The minimum absolute atomic E-state index is 0.188. The minimum atomic E-state index is -1.20. The fraction of sp³-hybridized carbons (Fsp3) is 0.529. The molecule has 3 rings (SSSR count). The highest BCUT2D eigenvalue weighted by Crippen LogP contribution is 2.64. The Morgan fingerprint density at radius 2 is 1.83 bits per heavy atom. The maximum Gasteiger partial charge on any atom is 0.410 e. The average molecular weight is 399 g/mol. The second-order valence-corrected chi connectivity index (χ2v) is 8.24. The van der Waals surface area contributed by atoms with Gasteiger partial charge in [0.1, 0.15) is 17.2 Å². The van der Waals surface area contributed by atoms with Crippen molar-refractivity contribution in [3.05, 3.63) is 33.8 Å². The lowest BCUT2D eigenvalue weighted by molar-refractivity contribution is 0.0265. The van der Waals surface area contributed by atoms with Crippen LogP contribution in [0.5, 0.6) is 0 Å². The molecule has 1 saturated carbocycles. The molecule has 0 bridgehead atoms. The first-order chi connectivity index (χ1) is 11.1. The van der Waals surface area contributed by atoms with E-state index >= 15 is 0 Å². The molecule has 1 aliphatic carbocycles. The van der Waals surface area contributed by atoms with Crippen LogP contribution in [0.4, 0.5) is 13.6 Å². The minimum Gasteiger partial charge on any atom is -0.444 e. The number of halogens is 3. The Morgan fingerprint density at radius 3 is 2.25 bits per heavy atom. The molecule has 2 aliphatic rings. The van der Waals surface area contributed by atoms with Gasteiger partial charge in [0, 0.05) is 35.0 Å². The Labute approximate surface area is 147 Å². The summed E-state index contributed by atoms with van der Waals surface area (Å²) in [7, 11) is 0. The number of rotatable bonds is 1. The third-order valence-electron chi connectivity index (χ3n) is 4.64. The van der Waals surface area contributed by atoms with E-state index < -0.39 is 28.7 Å². The van der Waals surface area contributed by atoms with Gasteiger partial charge in [-0.15, -0.1) is 0 Å². The monoisotopic (exact) mass is 398 g/mol. The second kappa shape index (κ2) is 5.41. The molecule has 1 aromatic carbocycles. The summed E-state index contributed by atoms with van der Waals surface area (Å²) in [5.41, 5.74) is -2.00. The van der Waals surface area contributed by atoms with Crippen LogP contribution in [-0.4, -0.2) is 29.7 Å². The quantitative estimate of drug-likeness (QED) is 0.718. The van der Waals surface area contributed by atoms with Gasteiger partial charge < -0.3 is 9.64 Å². The third-order valence-corrected chi connectivity index (χ3v) is 5.10. The number of hydrogen-bond acceptors (Lipinski definition) is 3. The first-order valence-corrected chi connectivity index (χ1v) is 8.43. The lowest BCUT2D eigenvalue weighted by atomic mass is 9.90. The molecule has 0 aromatic heterocycles. The van der Waals surface area contributed by atoms with Crippen molar-refractivity contribution in [3.63, 3.8) is 0 Å². The molecule has 2 fully saturated rings. The topological polar surface area (TPSA) is 53.3 Å². The van der Waals surface area contributed by atoms with E-state index in [4.69, 9.17) is 4.74 Å². The summed E-state index contributed by atoms with van der Waals surface area (Å²) in [6.07, 6.45) is -0.460. The molecule has 1 unspecified atom stereocenters. The molecule has 0 N–H and O–H groups in total. The molecular formula is C17H17BrF2N2O2. The normalized spacial score (nSPS) is 28.3. The van der Waals surface area contributed by atoms with E-state index in [0.29, 0.717) is 0 Å². The van der Waals surface area contributed by atoms with Crippen LogP contribution < -0.4 is 0 Å². The summed E-state index contributed by atoms with van der Waals surface area (Å²) in [4.78, 5) is 13.6. The zero-order valence-corrected chi connectivity index (χ0v) is 15.2. The maximum atomic E-state index is 14.3. The summed E-state index contributed by atoms with van der Waals surface area (Å²) in [5.74, 6) is -2.02. The fourth-order valence-electron chi connectivity index (χ4n) is 3.64. The highest BCUT2D eigenvalue weighted by atomic mass is 79.9. The van der Waals surface area contributed by atoms with Crippen molar-refractivity contribution in [1.82, 2.24) is 4.90 Å². The molecule has 1 aromatic rings. The van der Waals surface area contributed by atoms with Crippen LogP contribution >= 0.6 is 15.9 Å². The van der Waals surface area contributed by atoms with Crippen molar-refractivity contribution in [3.8, 4) is 6.07 Å². The highest BCUT2D eigenvalue weighted by Gasteiger charge is 2.72. The summed E-state index contributed by atoms with van der Waals surface area (Å²) < 4.78 is 34.2. The van der Waals surface area contributed by atoms with E-state index in [1.165, 1.54) is 4.90 Å². The van der Waals surface area contributed by atoms with Crippen LogP contribution in [0.2, 0.25) is 0 Å². The van der Waals surface area contributed by atoms with E-state index in [-0.39, 0.29) is 35.0 Å². The Bertz CT molecular complexity index is 719. The number of ether oxygens (including phenoxy) is 1. The molecule has 0 spiro atoms. The van der Waals surface area contributed by atoms with Crippen molar-refractivity contribution in [1.29, 1.82) is 5.26 Å². The lowest BCUT2D eigenvalue weighted by Gasteiger charge is -2.27. The molecule has 4 nitrogen and oxygen atoms in total. The van der Waals surface area contributed by atoms with Crippen LogP contribution in [-0.2, 0) is 10.2 Å². The highest BCUT2D eigenvalue weighted by molar-refractivity contribution is 9.10. The largest absolute Gasteiger partial charge is 0.444 e. The molecule has 1 heterocycles. The smallest absolute Gasteiger partial charge is 0.410 e. The average Bonchev–Trinajstić information content (AvgIpc) is 2.81. The Hall–Kier alpha value is -1.68. The van der Waals surface area contributed by atoms with E-state index in [0.717, 1.165) is 12.1 Å². The van der Waals surface area contributed by atoms with Gasteiger partial charge in [-0.1, -0.05) is 15.9 Å². The van der Waals surface area contributed by atoms with Gasteiger partial charge in [0.25, 0.3) is 0 Å². The van der Waals surface area contributed by atoms with Crippen molar-refractivity contribution in [2.24, 2.45) is 11.8 Å². The Kier molecular flexibility index (Phi) is 3.87. The number of fused-ring (bicyclic) bond motifs is 1. The van der Waals surface area contributed by atoms with Gasteiger partial charge in [-0.25, -0.2) is 13.6 Å². The van der Waals surface area contributed by atoms with Gasteiger partial charge in [-0.05, 0) is 32.9 Å². The second-order valence-electron chi connectivity index (χ2n) is 7.32. The first kappa shape index (κ1) is 17.2. The van der Waals surface area contributed by atoms with E-state index in [1.54, 1.807) is 20.8 Å². The molecule has 7 heteroatoms. The molecular weight excluding hydrogens is 382 g/mol. The van der Waals surface area contributed by atoms with Crippen LogP contribution in [0.25, 0.3) is 0 Å². The Balaban J connectivity index is 1.82. The van der Waals surface area contributed by atoms with Gasteiger partial charge in [0.2, 0.25) is 0 Å². The number of piperidine rings is 1. The van der Waals surface area contributed by atoms with Gasteiger partial charge in [-0.3, -0.25) is 0 Å². The zero-order chi connectivity index (χ0) is 17.9. The number of carbonyl (C=O) groups excluding carboxylic acids is 1. The van der Waals surface area contributed by atoms with Crippen molar-refractivity contribution >= 4 is 22.0 Å². The summed E-state index contributed by atoms with van der Waals surface area (Å²) >= 11 is 3.04. The molecule has 24 heavy (non-hydrogen) atoms. The number of amides is 1. The third kappa shape index (κ3) is 2.57. The van der Waals surface area contributed by atoms with Crippen LogP contribution in [0, 0.1) is 34.8 Å². The maximum absolute atomic E-state index is 14.3. The van der Waals surface area contributed by atoms with E-state index in [2.05, 4.69) is 22.0 Å². The molecule has 0 radical (unpaired) electrons. The van der Waals surface area contributed by atoms with Crippen molar-refractivity contribution in [2.75, 3.05) is 13.1 Å². The first-order valence-electron chi connectivity index (χ1n) is 7.64. The summed E-state index contributed by atoms with van der Waals surface area (Å²) in [6.45, 7) is 5.85. The Morgan fingerprint density at radius 1 is 1.33 bits per heavy atom. The summed E-state index contributed by atoms with van der Waals surface area (Å²) in [6, 6.07) is 4.43. The fourth-order valence-corrected chi connectivity index (χ4v) is 4.04. The van der Waals surface area contributed by atoms with Crippen LogP contribution in [0.1, 0.15) is 26.3 Å².